The SMILES string of the molecule is CC(CC(C)c1ccc(O)c(N)c1)c1ccc(O)c(N)c1. The van der Waals surface area contributed by atoms with Gasteiger partial charge in [0.1, 0.15) is 11.5 Å². The molecule has 0 aliphatic carbocycles. The molecule has 0 aromatic heterocycles. The van der Waals surface area contributed by atoms with E-state index in [1.165, 1.54) is 0 Å². The molecule has 2 atom stereocenters. The summed E-state index contributed by atoms with van der Waals surface area (Å²) in [7, 11) is 0. The second-order valence-electron chi connectivity index (χ2n) is 5.67. The van der Waals surface area contributed by atoms with Crippen LogP contribution in [0.5, 0.6) is 11.5 Å². The van der Waals surface area contributed by atoms with Gasteiger partial charge in [0.05, 0.1) is 11.4 Å². The van der Waals surface area contributed by atoms with Gasteiger partial charge in [0.25, 0.3) is 0 Å². The molecule has 0 saturated carbocycles. The fraction of sp³-hybridized carbons (Fsp3) is 0.294. The van der Waals surface area contributed by atoms with Gasteiger partial charge < -0.3 is 21.7 Å². The molecule has 0 amide bonds. The first-order valence-corrected chi connectivity index (χ1v) is 7.05. The Bertz CT molecular complexity index is 585. The standard InChI is InChI=1S/C17H22N2O2/c1-10(12-3-5-16(20)14(18)8-12)7-11(2)13-4-6-17(21)15(19)9-13/h3-6,8-11,20-21H,7,18-19H2,1-2H3. The van der Waals surface area contributed by atoms with Crippen molar-refractivity contribution in [1.29, 1.82) is 0 Å². The van der Waals surface area contributed by atoms with Crippen molar-refractivity contribution in [2.75, 3.05) is 11.5 Å². The first kappa shape index (κ1) is 15.0. The number of nitrogen functional groups attached to an aromatic ring is 2. The molecule has 4 nitrogen and oxygen atoms in total. The molecule has 4 heteroatoms. The highest BCUT2D eigenvalue weighted by Crippen LogP contribution is 2.33. The second-order valence-corrected chi connectivity index (χ2v) is 5.67. The summed E-state index contributed by atoms with van der Waals surface area (Å²) in [6, 6.07) is 10.7. The molecule has 0 radical (unpaired) electrons. The monoisotopic (exact) mass is 286 g/mol. The van der Waals surface area contributed by atoms with Crippen molar-refractivity contribution in [3.8, 4) is 11.5 Å². The van der Waals surface area contributed by atoms with Crippen LogP contribution in [0.4, 0.5) is 11.4 Å². The maximum Gasteiger partial charge on any atom is 0.138 e. The van der Waals surface area contributed by atoms with Gasteiger partial charge in [0.15, 0.2) is 0 Å². The number of hydrogen-bond acceptors (Lipinski definition) is 4. The number of phenols is 2. The molecule has 0 saturated heterocycles. The van der Waals surface area contributed by atoms with Gasteiger partial charge in [-0.05, 0) is 53.6 Å². The van der Waals surface area contributed by atoms with Crippen molar-refractivity contribution in [2.45, 2.75) is 32.1 Å². The summed E-state index contributed by atoms with van der Waals surface area (Å²) in [5.41, 5.74) is 14.5. The third-order valence-corrected chi connectivity index (χ3v) is 3.95. The summed E-state index contributed by atoms with van der Waals surface area (Å²) in [5.74, 6) is 0.839. The minimum atomic E-state index is 0.116. The number of aromatic hydroxyl groups is 2. The van der Waals surface area contributed by atoms with Crippen molar-refractivity contribution < 1.29 is 10.2 Å². The molecule has 0 aliphatic heterocycles. The van der Waals surface area contributed by atoms with Crippen molar-refractivity contribution in [2.24, 2.45) is 0 Å². The first-order chi connectivity index (χ1) is 9.88. The zero-order chi connectivity index (χ0) is 15.6. The summed E-state index contributed by atoms with van der Waals surface area (Å²) in [4.78, 5) is 0. The van der Waals surface area contributed by atoms with Gasteiger partial charge in [-0.3, -0.25) is 0 Å². The highest BCUT2D eigenvalue weighted by atomic mass is 16.3. The number of rotatable bonds is 4. The molecule has 0 fully saturated rings. The van der Waals surface area contributed by atoms with Gasteiger partial charge in [-0.25, -0.2) is 0 Å². The molecule has 2 aromatic rings. The lowest BCUT2D eigenvalue weighted by atomic mass is 9.87. The van der Waals surface area contributed by atoms with Crippen LogP contribution < -0.4 is 11.5 Å². The Labute approximate surface area is 125 Å². The minimum Gasteiger partial charge on any atom is -0.506 e. The largest absolute Gasteiger partial charge is 0.506 e. The van der Waals surface area contributed by atoms with Crippen LogP contribution in [-0.2, 0) is 0 Å². The highest BCUT2D eigenvalue weighted by molar-refractivity contribution is 5.55. The lowest BCUT2D eigenvalue weighted by molar-refractivity contribution is 0.477. The van der Waals surface area contributed by atoms with E-state index < -0.39 is 0 Å². The van der Waals surface area contributed by atoms with Gasteiger partial charge in [-0.2, -0.15) is 0 Å². The number of anilines is 2. The van der Waals surface area contributed by atoms with Gasteiger partial charge in [0.2, 0.25) is 0 Å². The van der Waals surface area contributed by atoms with E-state index >= 15 is 0 Å². The first-order valence-electron chi connectivity index (χ1n) is 7.05. The topological polar surface area (TPSA) is 92.5 Å². The van der Waals surface area contributed by atoms with Crippen molar-refractivity contribution >= 4 is 11.4 Å². The Morgan fingerprint density at radius 2 is 1.19 bits per heavy atom. The van der Waals surface area contributed by atoms with Gasteiger partial charge in [-0.1, -0.05) is 26.0 Å². The number of hydrogen-bond donors (Lipinski definition) is 4. The quantitative estimate of drug-likeness (QED) is 0.511. The smallest absolute Gasteiger partial charge is 0.138 e. The summed E-state index contributed by atoms with van der Waals surface area (Å²) in [6.07, 6.45) is 0.925. The van der Waals surface area contributed by atoms with Gasteiger partial charge >= 0.3 is 0 Å². The third-order valence-electron chi connectivity index (χ3n) is 3.95. The molecule has 112 valence electrons. The molecule has 0 aliphatic rings. The number of benzene rings is 2. The number of phenolic OH excluding ortho intramolecular Hbond substituents is 2. The van der Waals surface area contributed by atoms with E-state index in [-0.39, 0.29) is 11.5 Å². The minimum absolute atomic E-state index is 0.116. The van der Waals surface area contributed by atoms with Crippen LogP contribution in [0, 0.1) is 0 Å². The predicted octanol–water partition coefficient (Wildman–Crippen LogP) is 3.56. The zero-order valence-electron chi connectivity index (χ0n) is 12.4. The Balaban J connectivity index is 2.12. The maximum atomic E-state index is 9.48. The Morgan fingerprint density at radius 1 is 0.810 bits per heavy atom. The number of nitrogens with two attached hydrogens (primary N) is 2. The molecule has 2 unspecified atom stereocenters. The fourth-order valence-electron chi connectivity index (χ4n) is 2.56. The molecule has 6 N–H and O–H groups in total. The van der Waals surface area contributed by atoms with E-state index in [0.29, 0.717) is 23.2 Å². The van der Waals surface area contributed by atoms with Crippen LogP contribution in [0.2, 0.25) is 0 Å². The van der Waals surface area contributed by atoms with Gasteiger partial charge in [0, 0.05) is 0 Å². The maximum absolute atomic E-state index is 9.48. The second kappa shape index (κ2) is 5.95. The third kappa shape index (κ3) is 3.40. The van der Waals surface area contributed by atoms with Crippen LogP contribution in [0.1, 0.15) is 43.2 Å². The average Bonchev–Trinajstić information content (AvgIpc) is 2.44. The molecule has 2 rings (SSSR count). The van der Waals surface area contributed by atoms with Crippen LogP contribution in [0.25, 0.3) is 0 Å². The van der Waals surface area contributed by atoms with E-state index in [9.17, 15) is 10.2 Å². The molecule has 0 spiro atoms. The average molecular weight is 286 g/mol. The van der Waals surface area contributed by atoms with Crippen molar-refractivity contribution in [1.82, 2.24) is 0 Å². The zero-order valence-corrected chi connectivity index (χ0v) is 12.4. The van der Waals surface area contributed by atoms with Crippen LogP contribution in [-0.4, -0.2) is 10.2 Å². The van der Waals surface area contributed by atoms with Crippen molar-refractivity contribution in [3.63, 3.8) is 0 Å². The van der Waals surface area contributed by atoms with E-state index in [1.807, 2.05) is 24.3 Å². The van der Waals surface area contributed by atoms with Crippen LogP contribution >= 0.6 is 0 Å². The normalized spacial score (nSPS) is 13.8. The summed E-state index contributed by atoms with van der Waals surface area (Å²) >= 11 is 0. The van der Waals surface area contributed by atoms with Crippen LogP contribution in [0.3, 0.4) is 0 Å². The summed E-state index contributed by atoms with van der Waals surface area (Å²) in [6.45, 7) is 4.26. The van der Waals surface area contributed by atoms with E-state index in [1.54, 1.807) is 12.1 Å². The summed E-state index contributed by atoms with van der Waals surface area (Å²) < 4.78 is 0. The summed E-state index contributed by atoms with van der Waals surface area (Å²) in [5, 5.41) is 19.0. The lowest BCUT2D eigenvalue weighted by Gasteiger charge is -2.19. The van der Waals surface area contributed by atoms with Crippen molar-refractivity contribution in [3.05, 3.63) is 47.5 Å². The molecular weight excluding hydrogens is 264 g/mol. The van der Waals surface area contributed by atoms with Crippen LogP contribution in [0.15, 0.2) is 36.4 Å². The molecule has 0 heterocycles. The molecule has 0 bridgehead atoms. The lowest BCUT2D eigenvalue weighted by Crippen LogP contribution is -2.02. The fourth-order valence-corrected chi connectivity index (χ4v) is 2.56. The predicted molar refractivity (Wildman–Crippen MR) is 86.5 cm³/mol. The Hall–Kier alpha value is -2.36. The highest BCUT2D eigenvalue weighted by Gasteiger charge is 2.14. The Morgan fingerprint density at radius 3 is 1.52 bits per heavy atom. The van der Waals surface area contributed by atoms with E-state index in [0.717, 1.165) is 17.5 Å². The molecule has 2 aromatic carbocycles. The molecule has 21 heavy (non-hydrogen) atoms. The Kier molecular flexibility index (Phi) is 4.26. The molecular formula is C17H22N2O2. The van der Waals surface area contributed by atoms with E-state index in [4.69, 9.17) is 11.5 Å². The van der Waals surface area contributed by atoms with E-state index in [2.05, 4.69) is 13.8 Å². The van der Waals surface area contributed by atoms with Gasteiger partial charge in [-0.15, -0.1) is 0 Å².